The van der Waals surface area contributed by atoms with E-state index in [4.69, 9.17) is 16.7 Å². The summed E-state index contributed by atoms with van der Waals surface area (Å²) in [5, 5.41) is 8.98. The van der Waals surface area contributed by atoms with Gasteiger partial charge in [0.05, 0.1) is 12.2 Å². The lowest BCUT2D eigenvalue weighted by atomic mass is 10.0. The van der Waals surface area contributed by atoms with E-state index in [1.54, 1.807) is 12.1 Å². The number of aliphatic hydroxyl groups excluding tert-OH is 1. The molecule has 19 heavy (non-hydrogen) atoms. The summed E-state index contributed by atoms with van der Waals surface area (Å²) in [5.74, 6) is 0. The van der Waals surface area contributed by atoms with E-state index in [0.717, 1.165) is 12.2 Å². The molecule has 0 aromatic heterocycles. The standard InChI is InChI=1S/C14H14ClNO3/c1-2-16(7-8-17)10-5-3-9(4-6-10)11-12(15)14(19)13(11)18/h3-6,17H,2,7-8H2,1H3. The molecule has 0 aliphatic carbocycles. The normalized spacial score (nSPS) is 10.9. The van der Waals surface area contributed by atoms with Gasteiger partial charge < -0.3 is 10.0 Å². The predicted octanol–water partition coefficient (Wildman–Crippen LogP) is 1.42. The topological polar surface area (TPSA) is 57.6 Å². The monoisotopic (exact) mass is 279 g/mol. The Morgan fingerprint density at radius 2 is 1.79 bits per heavy atom. The van der Waals surface area contributed by atoms with Gasteiger partial charge in [-0.1, -0.05) is 23.7 Å². The Labute approximate surface area is 115 Å². The van der Waals surface area contributed by atoms with Crippen LogP contribution in [0.1, 0.15) is 6.92 Å². The van der Waals surface area contributed by atoms with Gasteiger partial charge in [-0.05, 0) is 24.6 Å². The molecule has 0 spiro atoms. The van der Waals surface area contributed by atoms with Crippen molar-refractivity contribution in [2.75, 3.05) is 24.6 Å². The van der Waals surface area contributed by atoms with Gasteiger partial charge in [-0.15, -0.1) is 0 Å². The van der Waals surface area contributed by atoms with Crippen molar-refractivity contribution in [3.63, 3.8) is 0 Å². The summed E-state index contributed by atoms with van der Waals surface area (Å²) in [6.45, 7) is 3.41. The fourth-order valence-corrected chi connectivity index (χ4v) is 2.33. The van der Waals surface area contributed by atoms with Crippen LogP contribution < -0.4 is 15.8 Å². The highest BCUT2D eigenvalue weighted by molar-refractivity contribution is 6.34. The lowest BCUT2D eigenvalue weighted by Crippen LogP contribution is -2.33. The number of benzene rings is 1. The number of hydrogen-bond donors (Lipinski definition) is 1. The summed E-state index contributed by atoms with van der Waals surface area (Å²) in [6.07, 6.45) is 0. The summed E-state index contributed by atoms with van der Waals surface area (Å²) < 4.78 is 0. The van der Waals surface area contributed by atoms with Crippen LogP contribution in [0.5, 0.6) is 0 Å². The molecule has 2 rings (SSSR count). The highest BCUT2D eigenvalue weighted by atomic mass is 35.5. The first-order chi connectivity index (χ1) is 9.10. The van der Waals surface area contributed by atoms with Crippen molar-refractivity contribution in [2.24, 2.45) is 0 Å². The van der Waals surface area contributed by atoms with E-state index in [9.17, 15) is 9.59 Å². The van der Waals surface area contributed by atoms with Crippen LogP contribution in [0, 0.1) is 0 Å². The molecule has 4 nitrogen and oxygen atoms in total. The van der Waals surface area contributed by atoms with Crippen molar-refractivity contribution in [3.8, 4) is 11.1 Å². The van der Waals surface area contributed by atoms with E-state index in [1.807, 2.05) is 24.0 Å². The molecule has 0 unspecified atom stereocenters. The average molecular weight is 280 g/mol. The number of nitrogens with zero attached hydrogens (tertiary/aromatic N) is 1. The van der Waals surface area contributed by atoms with Gasteiger partial charge in [0, 0.05) is 18.8 Å². The lowest BCUT2D eigenvalue weighted by molar-refractivity contribution is 0.302. The molecule has 0 aliphatic rings. The lowest BCUT2D eigenvalue weighted by Gasteiger charge is -2.22. The zero-order valence-corrected chi connectivity index (χ0v) is 11.3. The van der Waals surface area contributed by atoms with Crippen molar-refractivity contribution < 1.29 is 5.11 Å². The van der Waals surface area contributed by atoms with Crippen molar-refractivity contribution in [1.29, 1.82) is 0 Å². The quantitative estimate of drug-likeness (QED) is 0.841. The SMILES string of the molecule is CCN(CCO)c1ccc(-c2c(Cl)c(=O)c2=O)cc1. The van der Waals surface area contributed by atoms with Gasteiger partial charge in [0.1, 0.15) is 5.02 Å². The zero-order chi connectivity index (χ0) is 14.0. The molecular formula is C14H14ClNO3. The minimum atomic E-state index is -0.615. The van der Waals surface area contributed by atoms with Gasteiger partial charge in [-0.2, -0.15) is 0 Å². The fraction of sp³-hybridized carbons (Fsp3) is 0.286. The van der Waals surface area contributed by atoms with Crippen molar-refractivity contribution in [1.82, 2.24) is 0 Å². The number of rotatable bonds is 5. The first kappa shape index (κ1) is 13.8. The molecule has 0 heterocycles. The molecular weight excluding hydrogens is 266 g/mol. The number of aliphatic hydroxyl groups is 1. The Kier molecular flexibility index (Phi) is 4.02. The van der Waals surface area contributed by atoms with Crippen LogP contribution in [0.15, 0.2) is 33.9 Å². The molecule has 0 saturated heterocycles. The fourth-order valence-electron chi connectivity index (χ4n) is 2.05. The second-order valence-corrected chi connectivity index (χ2v) is 4.58. The van der Waals surface area contributed by atoms with Crippen LogP contribution in [-0.4, -0.2) is 24.8 Å². The van der Waals surface area contributed by atoms with Crippen LogP contribution in [0.2, 0.25) is 5.02 Å². The first-order valence-electron chi connectivity index (χ1n) is 6.05. The Hall–Kier alpha value is -1.65. The smallest absolute Gasteiger partial charge is 0.245 e. The molecule has 0 fully saturated rings. The molecule has 2 aromatic carbocycles. The minimum Gasteiger partial charge on any atom is -0.395 e. The van der Waals surface area contributed by atoms with Gasteiger partial charge in [0.25, 0.3) is 0 Å². The zero-order valence-electron chi connectivity index (χ0n) is 10.5. The number of likely N-dealkylation sites (N-methyl/N-ethyl adjacent to an activating group) is 1. The average Bonchev–Trinajstić information content (AvgIpc) is 2.45. The third-order valence-electron chi connectivity index (χ3n) is 3.12. The van der Waals surface area contributed by atoms with Gasteiger partial charge in [-0.3, -0.25) is 9.59 Å². The van der Waals surface area contributed by atoms with E-state index in [0.29, 0.717) is 17.7 Å². The first-order valence-corrected chi connectivity index (χ1v) is 6.43. The molecule has 0 bridgehead atoms. The Bertz CT molecular complexity index is 642. The van der Waals surface area contributed by atoms with Crippen LogP contribution in [0.25, 0.3) is 11.1 Å². The molecule has 100 valence electrons. The van der Waals surface area contributed by atoms with E-state index in [2.05, 4.69) is 0 Å². The molecule has 0 amide bonds. The molecule has 1 N–H and O–H groups in total. The highest BCUT2D eigenvalue weighted by Crippen LogP contribution is 2.25. The maximum absolute atomic E-state index is 11.4. The van der Waals surface area contributed by atoms with E-state index >= 15 is 0 Å². The Morgan fingerprint density at radius 1 is 1.16 bits per heavy atom. The molecule has 0 radical (unpaired) electrons. The van der Waals surface area contributed by atoms with Crippen molar-refractivity contribution >= 4 is 17.3 Å². The summed E-state index contributed by atoms with van der Waals surface area (Å²) in [6, 6.07) is 7.22. The Morgan fingerprint density at radius 3 is 2.26 bits per heavy atom. The van der Waals surface area contributed by atoms with Crippen LogP contribution in [-0.2, 0) is 0 Å². The largest absolute Gasteiger partial charge is 0.395 e. The summed E-state index contributed by atoms with van der Waals surface area (Å²) in [4.78, 5) is 24.5. The molecule has 0 saturated carbocycles. The summed E-state index contributed by atoms with van der Waals surface area (Å²) >= 11 is 5.74. The van der Waals surface area contributed by atoms with Gasteiger partial charge in [0.15, 0.2) is 0 Å². The van der Waals surface area contributed by atoms with E-state index in [-0.39, 0.29) is 11.6 Å². The molecule has 0 aliphatic heterocycles. The summed E-state index contributed by atoms with van der Waals surface area (Å²) in [7, 11) is 0. The van der Waals surface area contributed by atoms with E-state index in [1.165, 1.54) is 0 Å². The second kappa shape index (κ2) is 5.55. The van der Waals surface area contributed by atoms with Crippen LogP contribution in [0.3, 0.4) is 0 Å². The molecule has 5 heteroatoms. The van der Waals surface area contributed by atoms with Crippen LogP contribution in [0.4, 0.5) is 5.69 Å². The third-order valence-corrected chi connectivity index (χ3v) is 3.49. The molecule has 0 atom stereocenters. The maximum Gasteiger partial charge on any atom is 0.245 e. The van der Waals surface area contributed by atoms with Crippen molar-refractivity contribution in [3.05, 3.63) is 49.7 Å². The van der Waals surface area contributed by atoms with Gasteiger partial charge in [-0.25, -0.2) is 0 Å². The highest BCUT2D eigenvalue weighted by Gasteiger charge is 2.20. The van der Waals surface area contributed by atoms with Crippen LogP contribution >= 0.6 is 11.6 Å². The Balaban J connectivity index is 2.29. The predicted molar refractivity (Wildman–Crippen MR) is 76.8 cm³/mol. The minimum absolute atomic E-state index is 0.0143. The number of hydrogen-bond acceptors (Lipinski definition) is 4. The third kappa shape index (κ3) is 2.41. The number of anilines is 1. The van der Waals surface area contributed by atoms with E-state index < -0.39 is 10.9 Å². The molecule has 2 aromatic rings. The van der Waals surface area contributed by atoms with Gasteiger partial charge in [0.2, 0.25) is 10.9 Å². The van der Waals surface area contributed by atoms with Crippen molar-refractivity contribution in [2.45, 2.75) is 6.92 Å². The summed E-state index contributed by atoms with van der Waals surface area (Å²) in [5.41, 5.74) is 0.758. The number of halogens is 1. The van der Waals surface area contributed by atoms with Gasteiger partial charge >= 0.3 is 0 Å². The second-order valence-electron chi connectivity index (χ2n) is 4.20. The maximum atomic E-state index is 11.4.